The normalized spacial score (nSPS) is 27.1. The fourth-order valence-electron chi connectivity index (χ4n) is 5.19. The number of amides is 2. The van der Waals surface area contributed by atoms with Crippen LogP contribution in [0.3, 0.4) is 0 Å². The van der Waals surface area contributed by atoms with E-state index in [1.165, 1.54) is 4.90 Å². The summed E-state index contributed by atoms with van der Waals surface area (Å²) in [6.45, 7) is 0. The molecule has 2 fully saturated rings. The third-order valence-electron chi connectivity index (χ3n) is 6.52. The Morgan fingerprint density at radius 2 is 1.34 bits per heavy atom. The summed E-state index contributed by atoms with van der Waals surface area (Å²) in [5.74, 6) is 1.41. The molecular formula is C25H19NO3. The van der Waals surface area contributed by atoms with Gasteiger partial charge in [-0.15, -0.1) is 0 Å². The van der Waals surface area contributed by atoms with Gasteiger partial charge in [-0.2, -0.15) is 0 Å². The monoisotopic (exact) mass is 381 g/mol. The van der Waals surface area contributed by atoms with Gasteiger partial charge in [0.25, 0.3) is 0 Å². The summed E-state index contributed by atoms with van der Waals surface area (Å²) in [6, 6.07) is 21.3. The van der Waals surface area contributed by atoms with Gasteiger partial charge in [-0.1, -0.05) is 42.5 Å². The lowest BCUT2D eigenvalue weighted by atomic mass is 9.85. The van der Waals surface area contributed by atoms with Crippen LogP contribution in [0, 0.1) is 23.7 Å². The van der Waals surface area contributed by atoms with E-state index in [9.17, 15) is 9.59 Å². The van der Waals surface area contributed by atoms with Crippen molar-refractivity contribution in [3.05, 3.63) is 78.9 Å². The van der Waals surface area contributed by atoms with Crippen LogP contribution in [0.4, 0.5) is 5.69 Å². The number of ether oxygens (including phenoxy) is 1. The Hall–Kier alpha value is -3.40. The second kappa shape index (κ2) is 6.05. The number of anilines is 1. The maximum Gasteiger partial charge on any atom is 0.238 e. The molecule has 1 heterocycles. The highest BCUT2D eigenvalue weighted by Gasteiger charge is 2.59. The Balaban J connectivity index is 1.24. The van der Waals surface area contributed by atoms with E-state index >= 15 is 0 Å². The lowest BCUT2D eigenvalue weighted by Crippen LogP contribution is -2.32. The van der Waals surface area contributed by atoms with Crippen molar-refractivity contribution in [3.63, 3.8) is 0 Å². The minimum Gasteiger partial charge on any atom is -0.457 e. The maximum absolute atomic E-state index is 12.9. The van der Waals surface area contributed by atoms with Gasteiger partial charge < -0.3 is 4.74 Å². The molecule has 1 saturated carbocycles. The van der Waals surface area contributed by atoms with Gasteiger partial charge in [-0.05, 0) is 65.4 Å². The molecule has 1 aliphatic heterocycles. The fourth-order valence-corrected chi connectivity index (χ4v) is 5.19. The van der Waals surface area contributed by atoms with Gasteiger partial charge >= 0.3 is 0 Å². The van der Waals surface area contributed by atoms with Crippen molar-refractivity contribution < 1.29 is 14.3 Å². The van der Waals surface area contributed by atoms with Crippen molar-refractivity contribution in [2.75, 3.05) is 4.90 Å². The molecule has 4 nitrogen and oxygen atoms in total. The molecular weight excluding hydrogens is 362 g/mol. The molecule has 2 amide bonds. The lowest BCUT2D eigenvalue weighted by molar-refractivity contribution is -0.123. The van der Waals surface area contributed by atoms with Crippen molar-refractivity contribution in [1.82, 2.24) is 0 Å². The number of benzene rings is 3. The number of allylic oxidation sites excluding steroid dienone is 2. The van der Waals surface area contributed by atoms with E-state index in [2.05, 4.69) is 24.3 Å². The third-order valence-corrected chi connectivity index (χ3v) is 6.52. The van der Waals surface area contributed by atoms with Gasteiger partial charge in [0, 0.05) is 0 Å². The quantitative estimate of drug-likeness (QED) is 0.477. The summed E-state index contributed by atoms with van der Waals surface area (Å²) >= 11 is 0. The summed E-state index contributed by atoms with van der Waals surface area (Å²) in [5, 5.41) is 2.28. The molecule has 29 heavy (non-hydrogen) atoms. The molecule has 2 bridgehead atoms. The van der Waals surface area contributed by atoms with Crippen LogP contribution in [-0.2, 0) is 9.59 Å². The first-order valence-corrected chi connectivity index (χ1v) is 10.0. The van der Waals surface area contributed by atoms with E-state index in [1.807, 2.05) is 42.5 Å². The number of hydrogen-bond donors (Lipinski definition) is 0. The number of hydrogen-bond acceptors (Lipinski definition) is 3. The number of carbonyl (C=O) groups is 2. The van der Waals surface area contributed by atoms with Crippen LogP contribution < -0.4 is 9.64 Å². The zero-order valence-electron chi connectivity index (χ0n) is 15.7. The first-order chi connectivity index (χ1) is 14.2. The molecule has 0 spiro atoms. The van der Waals surface area contributed by atoms with E-state index in [1.54, 1.807) is 12.1 Å². The summed E-state index contributed by atoms with van der Waals surface area (Å²) < 4.78 is 5.98. The van der Waals surface area contributed by atoms with Crippen LogP contribution in [0.25, 0.3) is 10.8 Å². The van der Waals surface area contributed by atoms with Crippen LogP contribution in [0.15, 0.2) is 78.9 Å². The highest BCUT2D eigenvalue weighted by atomic mass is 16.5. The summed E-state index contributed by atoms with van der Waals surface area (Å²) in [4.78, 5) is 27.2. The van der Waals surface area contributed by atoms with Crippen molar-refractivity contribution >= 4 is 28.3 Å². The Kier molecular flexibility index (Phi) is 3.45. The predicted molar refractivity (Wildman–Crippen MR) is 111 cm³/mol. The molecule has 2 aliphatic carbocycles. The van der Waals surface area contributed by atoms with E-state index in [4.69, 9.17) is 4.74 Å². The highest BCUT2D eigenvalue weighted by Crippen LogP contribution is 2.53. The van der Waals surface area contributed by atoms with Crippen molar-refractivity contribution in [3.8, 4) is 11.5 Å². The third kappa shape index (κ3) is 2.45. The number of imide groups is 1. The molecule has 4 atom stereocenters. The molecule has 142 valence electrons. The van der Waals surface area contributed by atoms with Crippen LogP contribution in [-0.4, -0.2) is 11.8 Å². The minimum absolute atomic E-state index is 0.0555. The molecule has 0 aromatic heterocycles. The van der Waals surface area contributed by atoms with E-state index < -0.39 is 0 Å². The van der Waals surface area contributed by atoms with Gasteiger partial charge in [-0.3, -0.25) is 14.5 Å². The first kappa shape index (κ1) is 16.5. The van der Waals surface area contributed by atoms with Crippen molar-refractivity contribution in [2.24, 2.45) is 23.7 Å². The van der Waals surface area contributed by atoms with Crippen LogP contribution in [0.2, 0.25) is 0 Å². The molecule has 0 unspecified atom stereocenters. The second-order valence-corrected chi connectivity index (χ2v) is 8.12. The molecule has 1 saturated heterocycles. The fraction of sp³-hybridized carbons (Fsp3) is 0.200. The van der Waals surface area contributed by atoms with E-state index in [0.29, 0.717) is 11.4 Å². The predicted octanol–water partition coefficient (Wildman–Crippen LogP) is 4.94. The lowest BCUT2D eigenvalue weighted by Gasteiger charge is -2.17. The van der Waals surface area contributed by atoms with Gasteiger partial charge in [0.1, 0.15) is 11.5 Å². The largest absolute Gasteiger partial charge is 0.457 e. The summed E-state index contributed by atoms with van der Waals surface area (Å²) in [6.07, 6.45) is 5.17. The minimum atomic E-state index is -0.175. The average molecular weight is 381 g/mol. The Bertz CT molecular complexity index is 1150. The Morgan fingerprint density at radius 3 is 2.03 bits per heavy atom. The molecule has 3 aromatic carbocycles. The maximum atomic E-state index is 12.9. The van der Waals surface area contributed by atoms with Gasteiger partial charge in [0.2, 0.25) is 11.8 Å². The van der Waals surface area contributed by atoms with E-state index in [0.717, 1.165) is 22.9 Å². The van der Waals surface area contributed by atoms with Crippen molar-refractivity contribution in [2.45, 2.75) is 6.42 Å². The van der Waals surface area contributed by atoms with Gasteiger partial charge in [0.05, 0.1) is 17.5 Å². The smallest absolute Gasteiger partial charge is 0.238 e. The SMILES string of the molecule is O=C1[C@@H]2[C@H](C(=O)N1c1ccc(Oc3ccc4ccccc4c3)cc1)[C@@H]1C=C[C@@H]2C1. The zero-order chi connectivity index (χ0) is 19.5. The van der Waals surface area contributed by atoms with Crippen molar-refractivity contribution in [1.29, 1.82) is 0 Å². The van der Waals surface area contributed by atoms with E-state index in [-0.39, 0.29) is 35.5 Å². The average Bonchev–Trinajstić information content (AvgIpc) is 3.43. The summed E-state index contributed by atoms with van der Waals surface area (Å²) in [7, 11) is 0. The molecule has 3 aromatic rings. The van der Waals surface area contributed by atoms with Crippen LogP contribution >= 0.6 is 0 Å². The number of fused-ring (bicyclic) bond motifs is 6. The standard InChI is InChI=1S/C25H19NO3/c27-24-22-17-5-6-18(13-17)23(22)25(28)26(24)19-8-11-20(12-9-19)29-21-10-7-15-3-1-2-4-16(15)14-21/h1-12,14,17-18,22-23H,13H2/t17-,18-,22-,23+/m1/s1. The number of nitrogens with zero attached hydrogens (tertiary/aromatic N) is 1. The van der Waals surface area contributed by atoms with Crippen LogP contribution in [0.5, 0.6) is 11.5 Å². The Labute approximate surface area is 168 Å². The van der Waals surface area contributed by atoms with Gasteiger partial charge in [0.15, 0.2) is 0 Å². The first-order valence-electron chi connectivity index (χ1n) is 10.0. The Morgan fingerprint density at radius 1 is 0.724 bits per heavy atom. The molecule has 0 radical (unpaired) electrons. The summed E-state index contributed by atoms with van der Waals surface area (Å²) in [5.41, 5.74) is 0.625. The second-order valence-electron chi connectivity index (χ2n) is 8.12. The van der Waals surface area contributed by atoms with Crippen LogP contribution in [0.1, 0.15) is 6.42 Å². The number of carbonyl (C=O) groups excluding carboxylic acids is 2. The number of rotatable bonds is 3. The van der Waals surface area contributed by atoms with Gasteiger partial charge in [-0.25, -0.2) is 0 Å². The zero-order valence-corrected chi connectivity index (χ0v) is 15.7. The molecule has 3 aliphatic rings. The molecule has 0 N–H and O–H groups in total. The molecule has 6 rings (SSSR count). The topological polar surface area (TPSA) is 46.6 Å². The molecule has 4 heteroatoms. The highest BCUT2D eigenvalue weighted by molar-refractivity contribution is 6.22.